The third kappa shape index (κ3) is 6.50. The first-order valence-electron chi connectivity index (χ1n) is 11.0. The molecule has 1 fully saturated rings. The van der Waals surface area contributed by atoms with Gasteiger partial charge in [0.1, 0.15) is 6.04 Å². The van der Waals surface area contributed by atoms with Crippen LogP contribution >= 0.6 is 11.8 Å². The summed E-state index contributed by atoms with van der Waals surface area (Å²) in [6.07, 6.45) is 6.11. The van der Waals surface area contributed by atoms with Gasteiger partial charge in [-0.25, -0.2) is 4.79 Å². The Morgan fingerprint density at radius 2 is 1.72 bits per heavy atom. The zero-order valence-electron chi connectivity index (χ0n) is 18.7. The Morgan fingerprint density at radius 1 is 1.07 bits per heavy atom. The van der Waals surface area contributed by atoms with E-state index in [1.165, 1.54) is 5.56 Å². The average Bonchev–Trinajstić information content (AvgIpc) is 3.11. The monoisotopic (exact) mass is 419 g/mol. The van der Waals surface area contributed by atoms with E-state index in [2.05, 4.69) is 34.6 Å². The highest BCUT2D eigenvalue weighted by molar-refractivity contribution is 8.00. The van der Waals surface area contributed by atoms with Crippen molar-refractivity contribution in [3.8, 4) is 0 Å². The molecule has 29 heavy (non-hydrogen) atoms. The fourth-order valence-electron chi connectivity index (χ4n) is 3.48. The fourth-order valence-corrected chi connectivity index (χ4v) is 4.92. The Morgan fingerprint density at radius 3 is 2.31 bits per heavy atom. The molecule has 1 heterocycles. The van der Waals surface area contributed by atoms with E-state index in [1.54, 1.807) is 16.7 Å². The minimum atomic E-state index is -0.488. The van der Waals surface area contributed by atoms with E-state index < -0.39 is 6.04 Å². The van der Waals surface area contributed by atoms with Gasteiger partial charge in [-0.2, -0.15) is 0 Å². The first-order chi connectivity index (χ1) is 13.8. The second kappa shape index (κ2) is 11.1. The second-order valence-corrected chi connectivity index (χ2v) is 10.1. The van der Waals surface area contributed by atoms with E-state index in [9.17, 15) is 9.59 Å². The Labute approximate surface area is 180 Å². The maximum atomic E-state index is 13.4. The van der Waals surface area contributed by atoms with Crippen molar-refractivity contribution in [3.05, 3.63) is 35.4 Å². The fraction of sp³-hybridized carbons (Fsp3) is 0.667. The lowest BCUT2D eigenvalue weighted by atomic mass is 9.86. The van der Waals surface area contributed by atoms with E-state index in [4.69, 9.17) is 4.74 Å². The van der Waals surface area contributed by atoms with Crippen LogP contribution in [0.3, 0.4) is 0 Å². The van der Waals surface area contributed by atoms with Crippen LogP contribution in [0.25, 0.3) is 0 Å². The van der Waals surface area contributed by atoms with Crippen molar-refractivity contribution in [2.75, 3.05) is 12.4 Å². The minimum absolute atomic E-state index is 0.0411. The van der Waals surface area contributed by atoms with Crippen LogP contribution in [0.1, 0.15) is 89.1 Å². The van der Waals surface area contributed by atoms with E-state index in [0.29, 0.717) is 17.9 Å². The van der Waals surface area contributed by atoms with Crippen molar-refractivity contribution in [2.24, 2.45) is 0 Å². The molecule has 2 unspecified atom stereocenters. The molecule has 0 bridgehead atoms. The first kappa shape index (κ1) is 23.8. The summed E-state index contributed by atoms with van der Waals surface area (Å²) < 4.78 is 5.47. The summed E-state index contributed by atoms with van der Waals surface area (Å²) in [6, 6.07) is 7.36. The van der Waals surface area contributed by atoms with Crippen LogP contribution in [0, 0.1) is 0 Å². The number of hydrogen-bond donors (Lipinski definition) is 0. The van der Waals surface area contributed by atoms with Crippen LogP contribution < -0.4 is 0 Å². The molecule has 1 aliphatic rings. The topological polar surface area (TPSA) is 46.6 Å². The molecule has 4 nitrogen and oxygen atoms in total. The van der Waals surface area contributed by atoms with Gasteiger partial charge in [0.25, 0.3) is 5.91 Å². The third-order valence-electron chi connectivity index (χ3n) is 5.39. The van der Waals surface area contributed by atoms with Gasteiger partial charge in [-0.15, -0.1) is 11.8 Å². The van der Waals surface area contributed by atoms with Crippen LogP contribution in [0.2, 0.25) is 0 Å². The first-order valence-corrected chi connectivity index (χ1v) is 12.1. The van der Waals surface area contributed by atoms with Gasteiger partial charge in [0.05, 0.1) is 12.0 Å². The molecule has 1 amide bonds. The van der Waals surface area contributed by atoms with E-state index in [1.807, 2.05) is 24.3 Å². The molecule has 2 atom stereocenters. The van der Waals surface area contributed by atoms with Crippen molar-refractivity contribution in [1.82, 2.24) is 4.90 Å². The van der Waals surface area contributed by atoms with Crippen molar-refractivity contribution in [2.45, 2.75) is 90.0 Å². The standard InChI is InChI=1S/C24H37NO3S/c1-6-8-10-11-21-25(20(17-29-21)23(27)28-16-9-7-2)22(26)18-12-14-19(15-13-18)24(3,4)5/h12-15,20-21H,6-11,16-17H2,1-5H3. The van der Waals surface area contributed by atoms with Gasteiger partial charge < -0.3 is 9.64 Å². The maximum absolute atomic E-state index is 13.4. The number of carbonyl (C=O) groups is 2. The predicted molar refractivity (Wildman–Crippen MR) is 121 cm³/mol. The number of thioether (sulfide) groups is 1. The van der Waals surface area contributed by atoms with Gasteiger partial charge in [0.15, 0.2) is 0 Å². The van der Waals surface area contributed by atoms with E-state index in [0.717, 1.165) is 38.5 Å². The molecule has 0 radical (unpaired) electrons. The Balaban J connectivity index is 2.19. The van der Waals surface area contributed by atoms with Crippen molar-refractivity contribution < 1.29 is 14.3 Å². The molecule has 0 spiro atoms. The van der Waals surface area contributed by atoms with Gasteiger partial charge in [0.2, 0.25) is 0 Å². The van der Waals surface area contributed by atoms with Crippen LogP contribution in [0.4, 0.5) is 0 Å². The number of esters is 1. The molecule has 2 rings (SSSR count). The van der Waals surface area contributed by atoms with E-state index in [-0.39, 0.29) is 22.7 Å². The summed E-state index contributed by atoms with van der Waals surface area (Å²) in [6.45, 7) is 11.2. The number of nitrogens with zero attached hydrogens (tertiary/aromatic N) is 1. The summed E-state index contributed by atoms with van der Waals surface area (Å²) in [7, 11) is 0. The minimum Gasteiger partial charge on any atom is -0.464 e. The molecule has 1 aromatic carbocycles. The molecule has 0 aromatic heterocycles. The SMILES string of the molecule is CCCCCC1SCC(C(=O)OCCCC)N1C(=O)c1ccc(C(C)(C)C)cc1. The lowest BCUT2D eigenvalue weighted by Gasteiger charge is -2.29. The van der Waals surface area contributed by atoms with Gasteiger partial charge in [-0.05, 0) is 36.0 Å². The molecule has 1 aromatic rings. The van der Waals surface area contributed by atoms with Gasteiger partial charge in [-0.3, -0.25) is 4.79 Å². The highest BCUT2D eigenvalue weighted by Gasteiger charge is 2.42. The number of unbranched alkanes of at least 4 members (excludes halogenated alkanes) is 3. The van der Waals surface area contributed by atoms with Gasteiger partial charge >= 0.3 is 5.97 Å². The summed E-state index contributed by atoms with van der Waals surface area (Å²) in [5.41, 5.74) is 1.88. The number of amides is 1. The molecular weight excluding hydrogens is 382 g/mol. The molecule has 1 saturated heterocycles. The number of ether oxygens (including phenoxy) is 1. The highest BCUT2D eigenvalue weighted by atomic mass is 32.2. The number of benzene rings is 1. The Kier molecular flexibility index (Phi) is 9.06. The molecule has 162 valence electrons. The van der Waals surface area contributed by atoms with Gasteiger partial charge in [-0.1, -0.05) is 72.4 Å². The summed E-state index contributed by atoms with van der Waals surface area (Å²) >= 11 is 1.71. The maximum Gasteiger partial charge on any atom is 0.329 e. The predicted octanol–water partition coefficient (Wildman–Crippen LogP) is 5.79. The lowest BCUT2D eigenvalue weighted by molar-refractivity contribution is -0.148. The molecule has 0 aliphatic carbocycles. The van der Waals surface area contributed by atoms with Crippen LogP contribution in [-0.4, -0.2) is 40.6 Å². The van der Waals surface area contributed by atoms with Crippen LogP contribution in [0.5, 0.6) is 0 Å². The van der Waals surface area contributed by atoms with Crippen molar-refractivity contribution >= 4 is 23.6 Å². The quantitative estimate of drug-likeness (QED) is 0.375. The molecule has 0 saturated carbocycles. The smallest absolute Gasteiger partial charge is 0.329 e. The van der Waals surface area contributed by atoms with Crippen LogP contribution in [0.15, 0.2) is 24.3 Å². The highest BCUT2D eigenvalue weighted by Crippen LogP contribution is 2.35. The van der Waals surface area contributed by atoms with Crippen molar-refractivity contribution in [3.63, 3.8) is 0 Å². The molecule has 5 heteroatoms. The second-order valence-electron chi connectivity index (χ2n) is 8.86. The van der Waals surface area contributed by atoms with Crippen molar-refractivity contribution in [1.29, 1.82) is 0 Å². The zero-order chi connectivity index (χ0) is 21.4. The Bertz CT molecular complexity index is 666. The number of hydrogen-bond acceptors (Lipinski definition) is 4. The molecule has 1 aliphatic heterocycles. The average molecular weight is 420 g/mol. The van der Waals surface area contributed by atoms with Gasteiger partial charge in [0, 0.05) is 11.3 Å². The summed E-state index contributed by atoms with van der Waals surface area (Å²) in [5.74, 6) is 0.297. The lowest BCUT2D eigenvalue weighted by Crippen LogP contribution is -2.46. The van der Waals surface area contributed by atoms with E-state index >= 15 is 0 Å². The zero-order valence-corrected chi connectivity index (χ0v) is 19.5. The molecular formula is C24H37NO3S. The largest absolute Gasteiger partial charge is 0.464 e. The third-order valence-corrected chi connectivity index (χ3v) is 6.75. The molecule has 0 N–H and O–H groups in total. The summed E-state index contributed by atoms with van der Waals surface area (Å²) in [5, 5.41) is 0.0417. The number of carbonyl (C=O) groups excluding carboxylic acids is 2. The summed E-state index contributed by atoms with van der Waals surface area (Å²) in [4.78, 5) is 27.9. The normalized spacial score (nSPS) is 19.4. The Hall–Kier alpha value is -1.49. The number of rotatable bonds is 9. The van der Waals surface area contributed by atoms with Crippen LogP contribution in [-0.2, 0) is 14.9 Å².